The molecule has 1 fully saturated rings. The van der Waals surface area contributed by atoms with Crippen molar-refractivity contribution >= 4 is 11.6 Å². The fourth-order valence-electron chi connectivity index (χ4n) is 2.04. The molecule has 19 heavy (non-hydrogen) atoms. The second-order valence-electron chi connectivity index (χ2n) is 4.14. The van der Waals surface area contributed by atoms with Crippen LogP contribution in [0.3, 0.4) is 0 Å². The molecule has 98 valence electrons. The van der Waals surface area contributed by atoms with Crippen LogP contribution >= 0.6 is 11.6 Å². The van der Waals surface area contributed by atoms with Crippen LogP contribution in [-0.2, 0) is 9.47 Å². The Bertz CT molecular complexity index is 582. The molecule has 3 nitrogen and oxygen atoms in total. The van der Waals surface area contributed by atoms with Gasteiger partial charge in [0, 0.05) is 11.8 Å². The Morgan fingerprint density at radius 3 is 2.47 bits per heavy atom. The number of rotatable bonds is 2. The summed E-state index contributed by atoms with van der Waals surface area (Å²) >= 11 is 6.22. The molecule has 0 aliphatic carbocycles. The third kappa shape index (κ3) is 2.47. The number of ether oxygens (including phenoxy) is 2. The van der Waals surface area contributed by atoms with Gasteiger partial charge in [-0.1, -0.05) is 11.6 Å². The second kappa shape index (κ2) is 5.25. The zero-order chi connectivity index (χ0) is 13.2. The van der Waals surface area contributed by atoms with Gasteiger partial charge in [-0.05, 0) is 30.3 Å². The zero-order valence-electron chi connectivity index (χ0n) is 9.98. The third-order valence-electron chi connectivity index (χ3n) is 2.91. The van der Waals surface area contributed by atoms with Gasteiger partial charge in [0.1, 0.15) is 5.82 Å². The summed E-state index contributed by atoms with van der Waals surface area (Å²) in [6, 6.07) is 7.78. The number of pyridine rings is 1. The highest BCUT2D eigenvalue weighted by atomic mass is 35.5. The van der Waals surface area contributed by atoms with Crippen LogP contribution in [0.25, 0.3) is 11.3 Å². The Morgan fingerprint density at radius 1 is 1.11 bits per heavy atom. The lowest BCUT2D eigenvalue weighted by atomic mass is 10.1. The average Bonchev–Trinajstić information content (AvgIpc) is 2.93. The molecule has 1 aliphatic heterocycles. The molecule has 1 saturated heterocycles. The molecule has 0 bridgehead atoms. The minimum atomic E-state index is -0.513. The van der Waals surface area contributed by atoms with E-state index in [0.29, 0.717) is 29.5 Å². The van der Waals surface area contributed by atoms with Crippen LogP contribution in [0.5, 0.6) is 0 Å². The van der Waals surface area contributed by atoms with Crippen molar-refractivity contribution in [2.45, 2.75) is 6.29 Å². The van der Waals surface area contributed by atoms with Crippen LogP contribution in [0.15, 0.2) is 36.5 Å². The lowest BCUT2D eigenvalue weighted by molar-refractivity contribution is -0.0437. The number of halogens is 2. The van der Waals surface area contributed by atoms with Crippen molar-refractivity contribution in [1.82, 2.24) is 4.98 Å². The first-order valence-corrected chi connectivity index (χ1v) is 6.27. The SMILES string of the molecule is Fc1ccc(-c2nccc(Cl)c2C2OCCO2)cc1. The van der Waals surface area contributed by atoms with Crippen molar-refractivity contribution in [2.24, 2.45) is 0 Å². The summed E-state index contributed by atoms with van der Waals surface area (Å²) in [4.78, 5) is 4.32. The summed E-state index contributed by atoms with van der Waals surface area (Å²) in [5, 5.41) is 0.529. The van der Waals surface area contributed by atoms with E-state index in [1.165, 1.54) is 12.1 Å². The first kappa shape index (κ1) is 12.5. The van der Waals surface area contributed by atoms with Gasteiger partial charge in [0.05, 0.1) is 29.5 Å². The molecular formula is C14H11ClFNO2. The summed E-state index contributed by atoms with van der Waals surface area (Å²) in [5.41, 5.74) is 2.12. The molecule has 5 heteroatoms. The molecule has 1 aliphatic rings. The highest BCUT2D eigenvalue weighted by Crippen LogP contribution is 2.36. The summed E-state index contributed by atoms with van der Waals surface area (Å²) in [6.07, 6.45) is 1.10. The Hall–Kier alpha value is -1.49. The van der Waals surface area contributed by atoms with E-state index in [4.69, 9.17) is 21.1 Å². The van der Waals surface area contributed by atoms with Gasteiger partial charge in [-0.15, -0.1) is 0 Å². The summed E-state index contributed by atoms with van der Waals surface area (Å²) in [7, 11) is 0. The van der Waals surface area contributed by atoms with Gasteiger partial charge in [-0.2, -0.15) is 0 Å². The largest absolute Gasteiger partial charge is 0.346 e. The van der Waals surface area contributed by atoms with Crippen molar-refractivity contribution in [1.29, 1.82) is 0 Å². The van der Waals surface area contributed by atoms with E-state index in [9.17, 15) is 4.39 Å². The smallest absolute Gasteiger partial charge is 0.187 e. The maximum atomic E-state index is 13.0. The van der Waals surface area contributed by atoms with Gasteiger partial charge >= 0.3 is 0 Å². The second-order valence-corrected chi connectivity index (χ2v) is 4.54. The van der Waals surface area contributed by atoms with Crippen molar-refractivity contribution in [3.05, 3.63) is 52.9 Å². The van der Waals surface area contributed by atoms with E-state index < -0.39 is 6.29 Å². The maximum Gasteiger partial charge on any atom is 0.187 e. The molecule has 0 unspecified atom stereocenters. The normalized spacial score (nSPS) is 15.9. The Balaban J connectivity index is 2.09. The topological polar surface area (TPSA) is 31.4 Å². The van der Waals surface area contributed by atoms with E-state index in [2.05, 4.69) is 4.98 Å². The van der Waals surface area contributed by atoms with Gasteiger partial charge in [0.2, 0.25) is 0 Å². The molecule has 2 aromatic rings. The first-order valence-electron chi connectivity index (χ1n) is 5.89. The Labute approximate surface area is 114 Å². The number of hydrogen-bond donors (Lipinski definition) is 0. The number of benzene rings is 1. The predicted octanol–water partition coefficient (Wildman–Crippen LogP) is 3.59. The fourth-order valence-corrected chi connectivity index (χ4v) is 2.27. The van der Waals surface area contributed by atoms with E-state index in [1.54, 1.807) is 24.4 Å². The number of aromatic nitrogens is 1. The molecule has 1 aromatic heterocycles. The van der Waals surface area contributed by atoms with Gasteiger partial charge < -0.3 is 9.47 Å². The molecule has 0 saturated carbocycles. The Kier molecular flexibility index (Phi) is 3.46. The molecule has 0 atom stereocenters. The standard InChI is InChI=1S/C14H11ClFNO2/c15-11-5-6-17-13(9-1-3-10(16)4-2-9)12(11)14-18-7-8-19-14/h1-6,14H,7-8H2. The molecule has 0 spiro atoms. The van der Waals surface area contributed by atoms with Crippen LogP contribution in [0.4, 0.5) is 4.39 Å². The van der Waals surface area contributed by atoms with Crippen LogP contribution in [0, 0.1) is 5.82 Å². The minimum absolute atomic E-state index is 0.291. The average molecular weight is 280 g/mol. The third-order valence-corrected chi connectivity index (χ3v) is 3.24. The quantitative estimate of drug-likeness (QED) is 0.842. The summed E-state index contributed by atoms with van der Waals surface area (Å²) < 4.78 is 24.0. The molecule has 3 rings (SSSR count). The fraction of sp³-hybridized carbons (Fsp3) is 0.214. The van der Waals surface area contributed by atoms with Crippen LogP contribution in [0.2, 0.25) is 5.02 Å². The van der Waals surface area contributed by atoms with Crippen molar-refractivity contribution in [3.8, 4) is 11.3 Å². The van der Waals surface area contributed by atoms with Crippen LogP contribution in [-0.4, -0.2) is 18.2 Å². The lowest BCUT2D eigenvalue weighted by Crippen LogP contribution is -2.03. The summed E-state index contributed by atoms with van der Waals surface area (Å²) in [5.74, 6) is -0.291. The van der Waals surface area contributed by atoms with Gasteiger partial charge in [-0.3, -0.25) is 4.98 Å². The molecular weight excluding hydrogens is 269 g/mol. The molecule has 0 N–H and O–H groups in total. The molecule has 2 heterocycles. The van der Waals surface area contributed by atoms with Gasteiger partial charge in [-0.25, -0.2) is 4.39 Å². The van der Waals surface area contributed by atoms with E-state index >= 15 is 0 Å². The van der Waals surface area contributed by atoms with Crippen LogP contribution < -0.4 is 0 Å². The predicted molar refractivity (Wildman–Crippen MR) is 69.3 cm³/mol. The maximum absolute atomic E-state index is 13.0. The highest BCUT2D eigenvalue weighted by Gasteiger charge is 2.25. The van der Waals surface area contributed by atoms with Crippen molar-refractivity contribution in [2.75, 3.05) is 13.2 Å². The lowest BCUT2D eigenvalue weighted by Gasteiger charge is -2.15. The van der Waals surface area contributed by atoms with Crippen molar-refractivity contribution < 1.29 is 13.9 Å². The van der Waals surface area contributed by atoms with E-state index in [-0.39, 0.29) is 5.82 Å². The molecule has 0 amide bonds. The molecule has 0 radical (unpaired) electrons. The monoisotopic (exact) mass is 279 g/mol. The van der Waals surface area contributed by atoms with Gasteiger partial charge in [0.15, 0.2) is 6.29 Å². The minimum Gasteiger partial charge on any atom is -0.346 e. The number of hydrogen-bond acceptors (Lipinski definition) is 3. The van der Waals surface area contributed by atoms with E-state index in [0.717, 1.165) is 5.56 Å². The number of nitrogens with zero attached hydrogens (tertiary/aromatic N) is 1. The Morgan fingerprint density at radius 2 is 1.79 bits per heavy atom. The highest BCUT2D eigenvalue weighted by molar-refractivity contribution is 6.31. The van der Waals surface area contributed by atoms with Gasteiger partial charge in [0.25, 0.3) is 0 Å². The summed E-state index contributed by atoms with van der Waals surface area (Å²) in [6.45, 7) is 1.05. The zero-order valence-corrected chi connectivity index (χ0v) is 10.7. The van der Waals surface area contributed by atoms with Crippen molar-refractivity contribution in [3.63, 3.8) is 0 Å². The first-order chi connectivity index (χ1) is 9.25. The molecule has 1 aromatic carbocycles. The van der Waals surface area contributed by atoms with E-state index in [1.807, 2.05) is 0 Å². The van der Waals surface area contributed by atoms with Crippen LogP contribution in [0.1, 0.15) is 11.9 Å².